The molecule has 0 spiro atoms. The van der Waals surface area contributed by atoms with Crippen LogP contribution in [0, 0.1) is 0 Å². The first kappa shape index (κ1) is 12.8. The summed E-state index contributed by atoms with van der Waals surface area (Å²) in [4.78, 5) is 4.64. The predicted molar refractivity (Wildman–Crippen MR) is 86.9 cm³/mol. The van der Waals surface area contributed by atoms with Gasteiger partial charge in [0.25, 0.3) is 0 Å². The highest BCUT2D eigenvalue weighted by molar-refractivity contribution is 9.10. The molecule has 0 fully saturated rings. The van der Waals surface area contributed by atoms with Crippen LogP contribution in [0.3, 0.4) is 0 Å². The second-order valence-corrected chi connectivity index (χ2v) is 6.57. The molecule has 0 aliphatic heterocycles. The van der Waals surface area contributed by atoms with Gasteiger partial charge in [0.1, 0.15) is 5.01 Å². The normalized spacial score (nSPS) is 10.6. The first-order valence-corrected chi connectivity index (χ1v) is 8.39. The fourth-order valence-corrected chi connectivity index (χ4v) is 3.46. The Labute approximate surface area is 128 Å². The molecule has 0 unspecified atom stereocenters. The van der Waals surface area contributed by atoms with Crippen molar-refractivity contribution in [3.8, 4) is 10.6 Å². The monoisotopic (exact) mass is 350 g/mol. The van der Waals surface area contributed by atoms with E-state index in [1.54, 1.807) is 22.7 Å². The summed E-state index contributed by atoms with van der Waals surface area (Å²) in [6, 6.07) is 10.3. The smallest absolute Gasteiger partial charge is 0.124 e. The van der Waals surface area contributed by atoms with E-state index in [1.807, 2.05) is 12.1 Å². The third-order valence-corrected chi connectivity index (χ3v) is 4.79. The quantitative estimate of drug-likeness (QED) is 0.695. The van der Waals surface area contributed by atoms with Crippen LogP contribution >= 0.6 is 38.6 Å². The molecule has 0 bridgehead atoms. The van der Waals surface area contributed by atoms with Crippen LogP contribution in [0.15, 0.2) is 50.9 Å². The van der Waals surface area contributed by atoms with Crippen LogP contribution in [-0.2, 0) is 6.54 Å². The third kappa shape index (κ3) is 3.23. The molecule has 19 heavy (non-hydrogen) atoms. The predicted octanol–water partition coefficient (Wildman–Crippen LogP) is 5.25. The highest BCUT2D eigenvalue weighted by Crippen LogP contribution is 2.26. The lowest BCUT2D eigenvalue weighted by Crippen LogP contribution is -1.99. The van der Waals surface area contributed by atoms with Crippen LogP contribution in [-0.4, -0.2) is 4.98 Å². The SMILES string of the molecule is Brc1ccc(NCc2csc(-c3ccsc3)n2)cc1. The van der Waals surface area contributed by atoms with Gasteiger partial charge in [0.2, 0.25) is 0 Å². The van der Waals surface area contributed by atoms with Crippen molar-refractivity contribution >= 4 is 44.3 Å². The van der Waals surface area contributed by atoms with Gasteiger partial charge < -0.3 is 5.32 Å². The molecule has 0 saturated carbocycles. The van der Waals surface area contributed by atoms with Crippen molar-refractivity contribution in [2.45, 2.75) is 6.54 Å². The molecular formula is C14H11BrN2S2. The van der Waals surface area contributed by atoms with Gasteiger partial charge in [-0.3, -0.25) is 0 Å². The lowest BCUT2D eigenvalue weighted by Gasteiger charge is -2.03. The number of thiophene rings is 1. The molecule has 0 aliphatic carbocycles. The van der Waals surface area contributed by atoms with Crippen LogP contribution < -0.4 is 5.32 Å². The fraction of sp³-hybridized carbons (Fsp3) is 0.0714. The number of aromatic nitrogens is 1. The topological polar surface area (TPSA) is 24.9 Å². The average molecular weight is 351 g/mol. The number of nitrogens with zero attached hydrogens (tertiary/aromatic N) is 1. The molecule has 1 N–H and O–H groups in total. The molecule has 2 heterocycles. The van der Waals surface area contributed by atoms with Gasteiger partial charge in [-0.05, 0) is 35.7 Å². The number of rotatable bonds is 4. The Bertz CT molecular complexity index is 644. The summed E-state index contributed by atoms with van der Waals surface area (Å²) in [6.45, 7) is 0.752. The first-order chi connectivity index (χ1) is 9.31. The maximum atomic E-state index is 4.64. The second-order valence-electron chi connectivity index (χ2n) is 4.02. The fourth-order valence-electron chi connectivity index (χ4n) is 1.67. The molecule has 96 valence electrons. The molecule has 2 aromatic heterocycles. The van der Waals surface area contributed by atoms with E-state index in [9.17, 15) is 0 Å². The molecule has 0 amide bonds. The van der Waals surface area contributed by atoms with Gasteiger partial charge in [-0.25, -0.2) is 4.98 Å². The van der Waals surface area contributed by atoms with E-state index in [0.717, 1.165) is 27.4 Å². The first-order valence-electron chi connectivity index (χ1n) is 5.78. The molecule has 0 radical (unpaired) electrons. The van der Waals surface area contributed by atoms with E-state index in [2.05, 4.69) is 60.6 Å². The zero-order valence-corrected chi connectivity index (χ0v) is 13.2. The van der Waals surface area contributed by atoms with Crippen LogP contribution in [0.2, 0.25) is 0 Å². The Kier molecular flexibility index (Phi) is 3.96. The van der Waals surface area contributed by atoms with Crippen molar-refractivity contribution in [2.24, 2.45) is 0 Å². The van der Waals surface area contributed by atoms with Gasteiger partial charge in [0.05, 0.1) is 12.2 Å². The number of hydrogen-bond donors (Lipinski definition) is 1. The van der Waals surface area contributed by atoms with Crippen molar-refractivity contribution in [1.29, 1.82) is 0 Å². The van der Waals surface area contributed by atoms with Crippen LogP contribution in [0.1, 0.15) is 5.69 Å². The summed E-state index contributed by atoms with van der Waals surface area (Å²) in [5.41, 5.74) is 3.40. The Morgan fingerprint density at radius 2 is 1.95 bits per heavy atom. The van der Waals surface area contributed by atoms with Crippen LogP contribution in [0.5, 0.6) is 0 Å². The van der Waals surface area contributed by atoms with Gasteiger partial charge in [-0.2, -0.15) is 11.3 Å². The van der Waals surface area contributed by atoms with E-state index in [0.29, 0.717) is 0 Å². The van der Waals surface area contributed by atoms with Crippen molar-refractivity contribution < 1.29 is 0 Å². The van der Waals surface area contributed by atoms with Crippen molar-refractivity contribution in [3.05, 3.63) is 56.6 Å². The molecule has 3 aromatic rings. The minimum Gasteiger partial charge on any atom is -0.379 e. The molecule has 5 heteroatoms. The molecule has 0 saturated heterocycles. The summed E-state index contributed by atoms with van der Waals surface area (Å²) in [6.07, 6.45) is 0. The third-order valence-electron chi connectivity index (χ3n) is 2.64. The molecule has 1 aromatic carbocycles. The van der Waals surface area contributed by atoms with Crippen molar-refractivity contribution in [2.75, 3.05) is 5.32 Å². The highest BCUT2D eigenvalue weighted by Gasteiger charge is 2.04. The molecule has 3 rings (SSSR count). The van der Waals surface area contributed by atoms with Gasteiger partial charge in [-0.1, -0.05) is 15.9 Å². The van der Waals surface area contributed by atoms with E-state index >= 15 is 0 Å². The van der Waals surface area contributed by atoms with E-state index in [-0.39, 0.29) is 0 Å². The van der Waals surface area contributed by atoms with Gasteiger partial charge >= 0.3 is 0 Å². The Morgan fingerprint density at radius 1 is 1.11 bits per heavy atom. The largest absolute Gasteiger partial charge is 0.379 e. The molecule has 0 atom stereocenters. The Hall–Kier alpha value is -1.17. The average Bonchev–Trinajstić information content (AvgIpc) is 3.09. The molecular weight excluding hydrogens is 340 g/mol. The van der Waals surface area contributed by atoms with E-state index in [4.69, 9.17) is 0 Å². The Morgan fingerprint density at radius 3 is 2.68 bits per heavy atom. The molecule has 2 nitrogen and oxygen atoms in total. The minimum atomic E-state index is 0.752. The summed E-state index contributed by atoms with van der Waals surface area (Å²) >= 11 is 6.82. The summed E-state index contributed by atoms with van der Waals surface area (Å²) < 4.78 is 1.09. The highest BCUT2D eigenvalue weighted by atomic mass is 79.9. The van der Waals surface area contributed by atoms with Gasteiger partial charge in [0.15, 0.2) is 0 Å². The number of benzene rings is 1. The van der Waals surface area contributed by atoms with E-state index < -0.39 is 0 Å². The van der Waals surface area contributed by atoms with Crippen molar-refractivity contribution in [3.63, 3.8) is 0 Å². The zero-order chi connectivity index (χ0) is 13.1. The van der Waals surface area contributed by atoms with Gasteiger partial charge in [0, 0.05) is 26.5 Å². The number of halogens is 1. The summed E-state index contributed by atoms with van der Waals surface area (Å²) in [7, 11) is 0. The number of nitrogens with one attached hydrogen (secondary N) is 1. The maximum absolute atomic E-state index is 4.64. The van der Waals surface area contributed by atoms with Crippen molar-refractivity contribution in [1.82, 2.24) is 4.98 Å². The zero-order valence-electron chi connectivity index (χ0n) is 9.97. The number of hydrogen-bond acceptors (Lipinski definition) is 4. The minimum absolute atomic E-state index is 0.752. The maximum Gasteiger partial charge on any atom is 0.124 e. The summed E-state index contributed by atoms with van der Waals surface area (Å²) in [5, 5.41) is 10.8. The van der Waals surface area contributed by atoms with E-state index in [1.165, 1.54) is 5.56 Å². The second kappa shape index (κ2) is 5.86. The van der Waals surface area contributed by atoms with Crippen LogP contribution in [0.25, 0.3) is 10.6 Å². The molecule has 0 aliphatic rings. The van der Waals surface area contributed by atoms with Gasteiger partial charge in [-0.15, -0.1) is 11.3 Å². The lowest BCUT2D eigenvalue weighted by molar-refractivity contribution is 1.08. The van der Waals surface area contributed by atoms with Crippen LogP contribution in [0.4, 0.5) is 5.69 Å². The number of anilines is 1. The Balaban J connectivity index is 1.66. The number of thiazole rings is 1. The standard InChI is InChI=1S/C14H11BrN2S2/c15-11-1-3-12(4-2-11)16-7-13-9-19-14(17-13)10-5-6-18-8-10/h1-6,8-9,16H,7H2. The summed E-state index contributed by atoms with van der Waals surface area (Å²) in [5.74, 6) is 0. The lowest BCUT2D eigenvalue weighted by atomic mass is 10.3.